The Bertz CT molecular complexity index is 1090. The molecule has 1 unspecified atom stereocenters. The third kappa shape index (κ3) is 5.08. The number of hydrogen-bond donors (Lipinski definition) is 0. The number of thiazole rings is 1. The Kier molecular flexibility index (Phi) is 7.02. The zero-order valence-corrected chi connectivity index (χ0v) is 19.2. The summed E-state index contributed by atoms with van der Waals surface area (Å²) in [4.78, 5) is 37.6. The summed E-state index contributed by atoms with van der Waals surface area (Å²) in [6.07, 6.45) is 4.07. The third-order valence-electron chi connectivity index (χ3n) is 5.40. The van der Waals surface area contributed by atoms with Crippen LogP contribution in [0.25, 0.3) is 11.3 Å². The normalized spacial score (nSPS) is 16.5. The summed E-state index contributed by atoms with van der Waals surface area (Å²) >= 11 is 7.67. The lowest BCUT2D eigenvalue weighted by molar-refractivity contribution is -0.136. The van der Waals surface area contributed by atoms with E-state index in [9.17, 15) is 9.59 Å². The van der Waals surface area contributed by atoms with E-state index in [0.29, 0.717) is 36.8 Å². The van der Waals surface area contributed by atoms with Crippen molar-refractivity contribution in [3.63, 3.8) is 0 Å². The van der Waals surface area contributed by atoms with Gasteiger partial charge in [0.25, 0.3) is 5.91 Å². The first-order valence-corrected chi connectivity index (χ1v) is 11.6. The van der Waals surface area contributed by atoms with Crippen molar-refractivity contribution in [3.8, 4) is 17.0 Å². The van der Waals surface area contributed by atoms with E-state index < -0.39 is 0 Å². The summed E-state index contributed by atoms with van der Waals surface area (Å²) < 4.78 is 5.70. The number of hydrogen-bond acceptors (Lipinski definition) is 6. The maximum absolute atomic E-state index is 13.2. The van der Waals surface area contributed by atoms with Gasteiger partial charge < -0.3 is 14.5 Å². The maximum Gasteiger partial charge on any atom is 0.261 e. The Labute approximate surface area is 195 Å². The van der Waals surface area contributed by atoms with Crippen LogP contribution in [0.1, 0.15) is 24.4 Å². The molecule has 1 aromatic carbocycles. The molecule has 0 bridgehead atoms. The van der Waals surface area contributed by atoms with E-state index in [-0.39, 0.29) is 24.5 Å². The van der Waals surface area contributed by atoms with Crippen molar-refractivity contribution in [2.75, 3.05) is 26.2 Å². The molecule has 1 aliphatic rings. The Morgan fingerprint density at radius 3 is 2.69 bits per heavy atom. The molecule has 2 aromatic heterocycles. The summed E-state index contributed by atoms with van der Waals surface area (Å²) in [5.74, 6) is 0.302. The Balaban J connectivity index is 1.56. The quantitative estimate of drug-likeness (QED) is 0.562. The van der Waals surface area contributed by atoms with Crippen molar-refractivity contribution in [2.45, 2.75) is 19.4 Å². The minimum absolute atomic E-state index is 0.00183. The second kappa shape index (κ2) is 10.1. The largest absolute Gasteiger partial charge is 0.482 e. The van der Waals surface area contributed by atoms with Gasteiger partial charge in [-0.2, -0.15) is 0 Å². The number of benzene rings is 1. The van der Waals surface area contributed by atoms with Gasteiger partial charge >= 0.3 is 0 Å². The Morgan fingerprint density at radius 1 is 1.16 bits per heavy atom. The molecule has 4 rings (SSSR count). The second-order valence-electron chi connectivity index (χ2n) is 7.42. The number of halogens is 1. The van der Waals surface area contributed by atoms with Gasteiger partial charge in [-0.25, -0.2) is 4.98 Å². The van der Waals surface area contributed by atoms with Crippen LogP contribution in [0.5, 0.6) is 5.75 Å². The number of rotatable bonds is 5. The van der Waals surface area contributed by atoms with Crippen LogP contribution in [-0.2, 0) is 9.59 Å². The summed E-state index contributed by atoms with van der Waals surface area (Å²) in [6, 6.07) is 10.6. The molecule has 1 aliphatic heterocycles. The average molecular weight is 471 g/mol. The number of carbonyl (C=O) groups excluding carboxylic acids is 2. The lowest BCUT2D eigenvalue weighted by Gasteiger charge is -2.28. The van der Waals surface area contributed by atoms with E-state index in [2.05, 4.69) is 4.98 Å². The van der Waals surface area contributed by atoms with Gasteiger partial charge in [-0.05, 0) is 30.7 Å². The van der Waals surface area contributed by atoms with E-state index in [1.54, 1.807) is 53.4 Å². The molecule has 0 radical (unpaired) electrons. The average Bonchev–Trinajstić information content (AvgIpc) is 3.18. The molecular weight excluding hydrogens is 448 g/mol. The van der Waals surface area contributed by atoms with Crippen LogP contribution in [0.4, 0.5) is 0 Å². The molecule has 0 spiro atoms. The fourth-order valence-corrected chi connectivity index (χ4v) is 4.85. The molecule has 32 heavy (non-hydrogen) atoms. The molecular formula is C23H23ClN4O3S. The Morgan fingerprint density at radius 2 is 1.94 bits per heavy atom. The molecule has 9 heteroatoms. The van der Waals surface area contributed by atoms with Crippen LogP contribution in [0.2, 0.25) is 5.02 Å². The van der Waals surface area contributed by atoms with E-state index in [1.807, 2.05) is 17.5 Å². The molecule has 1 saturated heterocycles. The van der Waals surface area contributed by atoms with Gasteiger partial charge in [0, 0.05) is 49.9 Å². The summed E-state index contributed by atoms with van der Waals surface area (Å²) in [5, 5.41) is 3.28. The third-order valence-corrected chi connectivity index (χ3v) is 6.65. The van der Waals surface area contributed by atoms with Gasteiger partial charge in [0.05, 0.1) is 16.8 Å². The van der Waals surface area contributed by atoms with Crippen molar-refractivity contribution < 1.29 is 14.3 Å². The summed E-state index contributed by atoms with van der Waals surface area (Å²) in [7, 11) is 0. The predicted octanol–water partition coefficient (Wildman–Crippen LogP) is 4.06. The highest BCUT2D eigenvalue weighted by molar-refractivity contribution is 7.10. The lowest BCUT2D eigenvalue weighted by atomic mass is 10.1. The fourth-order valence-electron chi connectivity index (χ4n) is 3.68. The van der Waals surface area contributed by atoms with Gasteiger partial charge in [-0.1, -0.05) is 23.7 Å². The minimum Gasteiger partial charge on any atom is -0.482 e. The zero-order chi connectivity index (χ0) is 22.5. The van der Waals surface area contributed by atoms with Gasteiger partial charge in [0.2, 0.25) is 5.91 Å². The zero-order valence-electron chi connectivity index (χ0n) is 17.6. The van der Waals surface area contributed by atoms with E-state index in [1.165, 1.54) is 11.3 Å². The number of nitrogens with zero attached hydrogens (tertiary/aromatic N) is 4. The molecule has 0 saturated carbocycles. The number of carbonyl (C=O) groups is 2. The molecule has 0 aliphatic carbocycles. The number of amides is 2. The van der Waals surface area contributed by atoms with Gasteiger partial charge in [-0.15, -0.1) is 11.3 Å². The Hall–Kier alpha value is -2.97. The van der Waals surface area contributed by atoms with Gasteiger partial charge in [0.15, 0.2) is 6.61 Å². The van der Waals surface area contributed by atoms with Crippen LogP contribution in [0.3, 0.4) is 0 Å². The van der Waals surface area contributed by atoms with E-state index in [0.717, 1.165) is 16.3 Å². The number of aromatic nitrogens is 2. The number of para-hydroxylation sites is 1. The van der Waals surface area contributed by atoms with Crippen LogP contribution >= 0.6 is 22.9 Å². The first-order chi connectivity index (χ1) is 15.5. The summed E-state index contributed by atoms with van der Waals surface area (Å²) in [5.41, 5.74) is 1.82. The molecule has 1 fully saturated rings. The second-order valence-corrected chi connectivity index (χ2v) is 8.72. The first kappa shape index (κ1) is 22.2. The molecule has 3 aromatic rings. The maximum atomic E-state index is 13.2. The highest BCUT2D eigenvalue weighted by atomic mass is 35.5. The number of pyridine rings is 1. The fraction of sp³-hybridized carbons (Fsp3) is 0.304. The first-order valence-electron chi connectivity index (χ1n) is 10.3. The highest BCUT2D eigenvalue weighted by Gasteiger charge is 2.32. The highest BCUT2D eigenvalue weighted by Crippen LogP contribution is 2.32. The number of ether oxygens (including phenoxy) is 1. The molecule has 3 heterocycles. The van der Waals surface area contributed by atoms with Crippen LogP contribution < -0.4 is 4.74 Å². The van der Waals surface area contributed by atoms with Crippen molar-refractivity contribution in [3.05, 3.63) is 64.2 Å². The monoisotopic (exact) mass is 470 g/mol. The van der Waals surface area contributed by atoms with Crippen molar-refractivity contribution in [1.82, 2.24) is 19.8 Å². The van der Waals surface area contributed by atoms with Crippen LogP contribution in [-0.4, -0.2) is 57.8 Å². The molecule has 7 nitrogen and oxygen atoms in total. The molecule has 1 atom stereocenters. The molecule has 2 amide bonds. The van der Waals surface area contributed by atoms with Crippen molar-refractivity contribution in [2.24, 2.45) is 0 Å². The lowest BCUT2D eigenvalue weighted by Crippen LogP contribution is -2.40. The SMILES string of the molecule is CC(=O)N1CCC(c2nc(-c3ccncc3)cs2)N(C(=O)COc2ccccc2Cl)CC1. The van der Waals surface area contributed by atoms with E-state index in [4.69, 9.17) is 21.3 Å². The van der Waals surface area contributed by atoms with E-state index >= 15 is 0 Å². The van der Waals surface area contributed by atoms with Crippen LogP contribution in [0.15, 0.2) is 54.2 Å². The minimum atomic E-state index is -0.234. The van der Waals surface area contributed by atoms with Gasteiger partial charge in [0.1, 0.15) is 10.8 Å². The molecule has 166 valence electrons. The topological polar surface area (TPSA) is 75.6 Å². The standard InChI is InChI=1S/C23H23ClN4O3S/c1-16(29)27-11-8-20(23-26-19(15-32-23)17-6-9-25-10-7-17)28(13-12-27)22(30)14-31-21-5-3-2-4-18(21)24/h2-7,9-10,15,20H,8,11-14H2,1H3. The molecule has 0 N–H and O–H groups in total. The van der Waals surface area contributed by atoms with Gasteiger partial charge in [-0.3, -0.25) is 14.6 Å². The van der Waals surface area contributed by atoms with Crippen molar-refractivity contribution >= 4 is 34.8 Å². The van der Waals surface area contributed by atoms with Crippen LogP contribution in [0, 0.1) is 0 Å². The summed E-state index contributed by atoms with van der Waals surface area (Å²) in [6.45, 7) is 2.88. The smallest absolute Gasteiger partial charge is 0.261 e. The predicted molar refractivity (Wildman–Crippen MR) is 124 cm³/mol. The van der Waals surface area contributed by atoms with Crippen molar-refractivity contribution in [1.29, 1.82) is 0 Å².